The minimum Gasteiger partial charge on any atom is -0.493 e. The zero-order valence-electron chi connectivity index (χ0n) is 50.0. The topological polar surface area (TPSA) is 435 Å². The third-order valence-electron chi connectivity index (χ3n) is 13.1. The fourth-order valence-corrected chi connectivity index (χ4v) is 8.68. The molecule has 2 aliphatic heterocycles. The molecule has 0 fully saturated rings. The van der Waals surface area contributed by atoms with Gasteiger partial charge in [0.15, 0.2) is 40.2 Å². The number of cyclic esters (lactones) is 4. The van der Waals surface area contributed by atoms with Gasteiger partial charge in [0.2, 0.25) is 5.75 Å². The third-order valence-corrected chi connectivity index (χ3v) is 13.1. The lowest BCUT2D eigenvalue weighted by Gasteiger charge is -2.18. The van der Waals surface area contributed by atoms with Gasteiger partial charge in [-0.1, -0.05) is 0 Å². The van der Waals surface area contributed by atoms with Gasteiger partial charge in [0.25, 0.3) is 18.6 Å². The Morgan fingerprint density at radius 1 is 0.467 bits per heavy atom. The van der Waals surface area contributed by atoms with E-state index < -0.39 is 62.6 Å². The van der Waals surface area contributed by atoms with Gasteiger partial charge in [0, 0.05) is 49.2 Å². The second-order valence-electron chi connectivity index (χ2n) is 19.4. The van der Waals surface area contributed by atoms with Gasteiger partial charge in [0.1, 0.15) is 22.8 Å². The lowest BCUT2D eigenvalue weighted by atomic mass is 9.99. The van der Waals surface area contributed by atoms with Gasteiger partial charge in [-0.2, -0.15) is 0 Å². The van der Waals surface area contributed by atoms with Crippen LogP contribution in [0.1, 0.15) is 88.5 Å². The molecule has 0 spiro atoms. The summed E-state index contributed by atoms with van der Waals surface area (Å²) in [7, 11) is 4.22. The fourth-order valence-electron chi connectivity index (χ4n) is 8.68. The Morgan fingerprint density at radius 2 is 0.826 bits per heavy atom. The van der Waals surface area contributed by atoms with Crippen LogP contribution < -0.4 is 63.6 Å². The van der Waals surface area contributed by atoms with E-state index in [1.807, 2.05) is 0 Å². The largest absolute Gasteiger partial charge is 0.493 e. The minimum atomic E-state index is -1.42. The highest BCUT2D eigenvalue weighted by molar-refractivity contribution is 6.04. The van der Waals surface area contributed by atoms with E-state index in [9.17, 15) is 58.6 Å². The summed E-state index contributed by atoms with van der Waals surface area (Å²) < 4.78 is 68.1. The Morgan fingerprint density at radius 3 is 1.29 bits per heavy atom. The van der Waals surface area contributed by atoms with Gasteiger partial charge >= 0.3 is 41.5 Å². The third kappa shape index (κ3) is 18.1. The van der Waals surface area contributed by atoms with Gasteiger partial charge in [-0.15, -0.1) is 0 Å². The highest BCUT2D eigenvalue weighted by atomic mass is 16.6. The van der Waals surface area contributed by atoms with Gasteiger partial charge in [-0.3, -0.25) is 39.4 Å². The lowest BCUT2D eigenvalue weighted by molar-refractivity contribution is -0.385. The second kappa shape index (κ2) is 32.3. The average Bonchev–Trinajstić information content (AvgIpc) is 0.903. The molecule has 0 saturated heterocycles. The van der Waals surface area contributed by atoms with Crippen LogP contribution in [0.3, 0.4) is 0 Å². The van der Waals surface area contributed by atoms with Crippen molar-refractivity contribution in [3.63, 3.8) is 0 Å². The summed E-state index contributed by atoms with van der Waals surface area (Å²) in [5, 5.41) is 40.4. The first-order chi connectivity index (χ1) is 43.9. The highest BCUT2D eigenvalue weighted by Crippen LogP contribution is 2.40. The molecule has 6 aromatic rings. The number of nitro benzene ring substituents is 2. The first-order valence-corrected chi connectivity index (χ1v) is 27.2. The Bertz CT molecular complexity index is 3830. The first-order valence-electron chi connectivity index (χ1n) is 27.2. The van der Waals surface area contributed by atoms with Gasteiger partial charge in [-0.25, -0.2) is 19.2 Å². The van der Waals surface area contributed by atoms with Crippen molar-refractivity contribution < 1.29 is 120 Å². The van der Waals surface area contributed by atoms with Crippen LogP contribution in [0.2, 0.25) is 0 Å². The molecule has 0 unspecified atom stereocenters. The van der Waals surface area contributed by atoms with Crippen LogP contribution in [-0.2, 0) is 41.5 Å². The maximum Gasteiger partial charge on any atom is 0.346 e. The van der Waals surface area contributed by atoms with Crippen molar-refractivity contribution in [1.29, 1.82) is 0 Å². The molecule has 0 aliphatic carbocycles. The predicted octanol–water partition coefficient (Wildman–Crippen LogP) is 7.48. The van der Waals surface area contributed by atoms with Crippen molar-refractivity contribution in [2.75, 3.05) is 72.4 Å². The molecular formula is C61H60N4O27. The summed E-state index contributed by atoms with van der Waals surface area (Å²) in [6.07, 6.45) is 1.35. The number of nitrogens with zero attached hydrogens (tertiary/aromatic N) is 2. The number of nitrogen functional groups attached to an aromatic ring is 2. The molecule has 31 heteroatoms. The van der Waals surface area contributed by atoms with Crippen LogP contribution in [-0.4, -0.2) is 130 Å². The molecule has 0 atom stereocenters. The van der Waals surface area contributed by atoms with Crippen LogP contribution in [0.5, 0.6) is 63.2 Å². The molecule has 486 valence electrons. The molecule has 0 saturated carbocycles. The number of rotatable bonds is 29. The van der Waals surface area contributed by atoms with Crippen LogP contribution in [0.4, 0.5) is 22.7 Å². The van der Waals surface area contributed by atoms with Crippen molar-refractivity contribution >= 4 is 71.5 Å². The number of fused-ring (bicyclic) bond motifs is 2. The zero-order valence-corrected chi connectivity index (χ0v) is 50.0. The Balaban J connectivity index is 0.000000220. The summed E-state index contributed by atoms with van der Waals surface area (Å²) in [5.74, 6) is -2.25. The normalized spacial score (nSPS) is 11.8. The monoisotopic (exact) mass is 1280 g/mol. The number of carboxylic acids is 2. The second-order valence-corrected chi connectivity index (χ2v) is 19.4. The Labute approximate surface area is 521 Å². The Kier molecular flexibility index (Phi) is 24.3. The number of carboxylic acid groups (broad SMARTS) is 2. The number of anilines is 2. The highest BCUT2D eigenvalue weighted by Gasteiger charge is 2.29. The molecule has 6 N–H and O–H groups in total. The first kappa shape index (κ1) is 69.2. The van der Waals surface area contributed by atoms with E-state index in [1.54, 1.807) is 39.0 Å². The number of aryl methyl sites for hydroxylation is 3. The summed E-state index contributed by atoms with van der Waals surface area (Å²) >= 11 is 0. The van der Waals surface area contributed by atoms with E-state index in [0.29, 0.717) is 102 Å². The molecule has 0 radical (unpaired) electrons. The molecule has 6 aromatic carbocycles. The van der Waals surface area contributed by atoms with Crippen LogP contribution >= 0.6 is 0 Å². The SMILES string of the molecule is COc1cc(OC=O)c(N)cc1OCCCOc1cc(N)c(C(=O)O)cc1C.COc1cc(OC=O)c([N+](=O)[O-])cc1OCCCOc1cc([N+](=O)[O-])c(C(=O)O)cc1C.COc1cc2c(cc1OCCCOc1cc3c(cc1C)C(=O)OC(=O)C3)CC(=O)OC2=O. The van der Waals surface area contributed by atoms with E-state index in [0.717, 1.165) is 29.8 Å². The number of nitro groups is 2. The molecule has 0 aromatic heterocycles. The van der Waals surface area contributed by atoms with Crippen LogP contribution in [0.25, 0.3) is 0 Å². The van der Waals surface area contributed by atoms with E-state index in [-0.39, 0.29) is 96.7 Å². The number of carbonyl (C=O) groups excluding carboxylic acids is 6. The van der Waals surface area contributed by atoms with Crippen molar-refractivity contribution in [2.24, 2.45) is 0 Å². The molecule has 0 bridgehead atoms. The molecule has 92 heavy (non-hydrogen) atoms. The van der Waals surface area contributed by atoms with Crippen LogP contribution in [0.15, 0.2) is 72.8 Å². The molecule has 2 aliphatic rings. The Hall–Kier alpha value is -11.9. The zero-order chi connectivity index (χ0) is 67.3. The summed E-state index contributed by atoms with van der Waals surface area (Å²) in [6, 6.07) is 16.8. The predicted molar refractivity (Wildman–Crippen MR) is 317 cm³/mol. The average molecular weight is 1280 g/mol. The van der Waals surface area contributed by atoms with Gasteiger partial charge in [-0.05, 0) is 85.0 Å². The van der Waals surface area contributed by atoms with E-state index >= 15 is 0 Å². The van der Waals surface area contributed by atoms with E-state index in [1.165, 1.54) is 51.7 Å². The van der Waals surface area contributed by atoms with E-state index in [2.05, 4.69) is 14.2 Å². The smallest absolute Gasteiger partial charge is 0.346 e. The summed E-state index contributed by atoms with van der Waals surface area (Å²) in [4.78, 5) is 111. The number of methoxy groups -OCH3 is 3. The maximum atomic E-state index is 11.9. The molecule has 8 rings (SSSR count). The number of benzene rings is 6. The molecular weight excluding hydrogens is 1220 g/mol. The van der Waals surface area contributed by atoms with Crippen LogP contribution in [0, 0.1) is 41.0 Å². The van der Waals surface area contributed by atoms with Gasteiger partial charge < -0.3 is 83.3 Å². The standard InChI is InChI=1S/C23H20O9.C19H18N2O11.C19H22N2O7/c1-12-6-15-13(9-20(24)31-22(15)26)7-17(12)29-4-3-5-30-19-8-14-10-21(25)32-23(27)16(14)11-18(19)28-2;1-11-6-12(19(23)24)13(20(25)26)7-15(11)30-4-3-5-31-18-8-14(21(27)28)16(32-10-22)9-17(18)29-2;1-11-6-12(19(23)24)13(20)7-15(11)26-4-3-5-27-18-8-14(21)16(28-10-22)9-17(18)25-2/h6-8,11H,3-5,9-10H2,1-2H3;6-10H,3-5H2,1-2H3,(H,23,24);6-10H,3-5,20-21H2,1-2H3,(H,23,24). The number of hydrogen-bond donors (Lipinski definition) is 4. The summed E-state index contributed by atoms with van der Waals surface area (Å²) in [5.41, 5.74) is 14.0. The number of esters is 4. The molecule has 2 heterocycles. The number of ether oxygens (including phenoxy) is 13. The fraction of sp³-hybridized carbons (Fsp3) is 0.279. The van der Waals surface area contributed by atoms with Crippen molar-refractivity contribution in [3.05, 3.63) is 143 Å². The molecule has 31 nitrogen and oxygen atoms in total. The van der Waals surface area contributed by atoms with Gasteiger partial charge in [0.05, 0.1) is 118 Å². The molecule has 0 amide bonds. The van der Waals surface area contributed by atoms with Crippen molar-refractivity contribution in [1.82, 2.24) is 0 Å². The quantitative estimate of drug-likeness (QED) is 0.00672. The number of carbonyl (C=O) groups is 8. The lowest BCUT2D eigenvalue weighted by Crippen LogP contribution is -2.23. The number of aromatic carboxylic acids is 2. The number of nitrogens with two attached hydrogens (primary N) is 2. The van der Waals surface area contributed by atoms with E-state index in [4.69, 9.17) is 69.0 Å². The number of hydrogen-bond acceptors (Lipinski definition) is 27. The summed E-state index contributed by atoms with van der Waals surface area (Å²) in [6.45, 7) is 6.79. The maximum absolute atomic E-state index is 11.9. The van der Waals surface area contributed by atoms with Crippen molar-refractivity contribution in [2.45, 2.75) is 52.9 Å². The van der Waals surface area contributed by atoms with Crippen molar-refractivity contribution in [3.8, 4) is 63.2 Å². The minimum absolute atomic E-state index is 0.0157.